The van der Waals surface area contributed by atoms with Crippen LogP contribution in [-0.4, -0.2) is 9.13 Å². The highest BCUT2D eigenvalue weighted by Crippen LogP contribution is 2.39. The number of benzene rings is 10. The zero-order valence-electron chi connectivity index (χ0n) is 30.1. The van der Waals surface area contributed by atoms with Crippen LogP contribution >= 0.6 is 0 Å². The Morgan fingerprint density at radius 1 is 0.259 bits per heavy atom. The maximum atomic E-state index is 2.40. The van der Waals surface area contributed by atoms with Gasteiger partial charge in [-0.1, -0.05) is 97.1 Å². The van der Waals surface area contributed by atoms with Gasteiger partial charge in [0.1, 0.15) is 0 Å². The summed E-state index contributed by atoms with van der Waals surface area (Å²) >= 11 is 0. The van der Waals surface area contributed by atoms with Gasteiger partial charge in [-0.2, -0.15) is 0 Å². The molecule has 0 atom stereocenters. The van der Waals surface area contributed by atoms with E-state index in [0.29, 0.717) is 0 Å². The fourth-order valence-electron chi connectivity index (χ4n) is 9.29. The molecule has 2 heteroatoms. The third-order valence-corrected chi connectivity index (χ3v) is 12.2. The number of hydrogen-bond donors (Lipinski definition) is 0. The molecule has 0 N–H and O–H groups in total. The Bertz CT molecular complexity index is 3340. The standard InChI is InChI=1S/C52H34N2/c1-53-49(39-13-11-35-19-31-7-3-5-9-33(31)21-41(35)23-39)29-43-25-47-37(27-51(43)53)15-17-46-45(47)18-16-38-28-52-44(26-48(38)46)30-50(54(52)2)40-14-12-36-20-32-8-4-6-10-34(32)22-42(36)24-40/h3-30H,1-2H3. The number of hydrogen-bond acceptors (Lipinski definition) is 0. The topological polar surface area (TPSA) is 9.86 Å². The lowest BCUT2D eigenvalue weighted by Gasteiger charge is -2.10. The molecule has 0 radical (unpaired) electrons. The van der Waals surface area contributed by atoms with Gasteiger partial charge in [0, 0.05) is 47.3 Å². The van der Waals surface area contributed by atoms with Crippen LogP contribution < -0.4 is 0 Å². The highest BCUT2D eigenvalue weighted by molar-refractivity contribution is 6.21. The third-order valence-electron chi connectivity index (χ3n) is 12.2. The van der Waals surface area contributed by atoms with E-state index in [2.05, 4.69) is 193 Å². The van der Waals surface area contributed by atoms with Gasteiger partial charge in [-0.25, -0.2) is 0 Å². The highest BCUT2D eigenvalue weighted by atomic mass is 14.9. The number of rotatable bonds is 2. The van der Waals surface area contributed by atoms with Gasteiger partial charge < -0.3 is 9.13 Å². The van der Waals surface area contributed by atoms with Crippen LogP contribution in [0.2, 0.25) is 0 Å². The molecule has 0 aliphatic heterocycles. The fourth-order valence-corrected chi connectivity index (χ4v) is 9.29. The van der Waals surface area contributed by atoms with E-state index in [4.69, 9.17) is 0 Å². The van der Waals surface area contributed by atoms with E-state index in [0.717, 1.165) is 0 Å². The van der Waals surface area contributed by atoms with Gasteiger partial charge in [-0.3, -0.25) is 0 Å². The van der Waals surface area contributed by atoms with Crippen molar-refractivity contribution in [1.29, 1.82) is 0 Å². The summed E-state index contributed by atoms with van der Waals surface area (Å²) in [5.41, 5.74) is 7.42. The first kappa shape index (κ1) is 29.7. The molecule has 0 aliphatic rings. The first-order valence-corrected chi connectivity index (χ1v) is 18.8. The molecule has 2 aromatic heterocycles. The van der Waals surface area contributed by atoms with Crippen LogP contribution in [0.1, 0.15) is 0 Å². The summed E-state index contributed by atoms with van der Waals surface area (Å²) in [6.07, 6.45) is 0. The molecule has 10 aromatic carbocycles. The molecule has 0 saturated heterocycles. The number of fused-ring (bicyclic) bond motifs is 11. The molecule has 0 unspecified atom stereocenters. The third kappa shape index (κ3) is 4.28. The molecule has 0 bridgehead atoms. The van der Waals surface area contributed by atoms with Gasteiger partial charge in [0.15, 0.2) is 0 Å². The number of aryl methyl sites for hydroxylation is 2. The summed E-state index contributed by atoms with van der Waals surface area (Å²) in [6.45, 7) is 0. The Kier molecular flexibility index (Phi) is 5.94. The lowest BCUT2D eigenvalue weighted by molar-refractivity contribution is 0.979. The quantitative estimate of drug-likeness (QED) is 0.127. The zero-order chi connectivity index (χ0) is 35.7. The average Bonchev–Trinajstić information content (AvgIpc) is 3.71. The van der Waals surface area contributed by atoms with Crippen molar-refractivity contribution < 1.29 is 0 Å². The van der Waals surface area contributed by atoms with Crippen LogP contribution in [-0.2, 0) is 14.1 Å². The lowest BCUT2D eigenvalue weighted by atomic mass is 9.95. The Hall–Kier alpha value is -6.90. The smallest absolute Gasteiger partial charge is 0.0489 e. The van der Waals surface area contributed by atoms with Crippen molar-refractivity contribution >= 4 is 97.2 Å². The summed E-state index contributed by atoms with van der Waals surface area (Å²) in [4.78, 5) is 0. The molecule has 12 rings (SSSR count). The Balaban J connectivity index is 0.982. The fraction of sp³-hybridized carbons (Fsp3) is 0.0385. The van der Waals surface area contributed by atoms with Crippen molar-refractivity contribution in [3.05, 3.63) is 170 Å². The van der Waals surface area contributed by atoms with E-state index >= 15 is 0 Å². The van der Waals surface area contributed by atoms with Crippen LogP contribution in [0.4, 0.5) is 0 Å². The predicted octanol–water partition coefficient (Wildman–Crippen LogP) is 14.1. The van der Waals surface area contributed by atoms with Gasteiger partial charge >= 0.3 is 0 Å². The first-order chi connectivity index (χ1) is 26.5. The zero-order valence-corrected chi connectivity index (χ0v) is 30.1. The maximum absolute atomic E-state index is 2.40. The van der Waals surface area contributed by atoms with Crippen LogP contribution in [0.15, 0.2) is 170 Å². The lowest BCUT2D eigenvalue weighted by Crippen LogP contribution is -1.92. The molecule has 0 aliphatic carbocycles. The minimum Gasteiger partial charge on any atom is -0.344 e. The van der Waals surface area contributed by atoms with E-state index in [-0.39, 0.29) is 0 Å². The molecule has 252 valence electrons. The summed E-state index contributed by atoms with van der Waals surface area (Å²) in [7, 11) is 4.39. The van der Waals surface area contributed by atoms with Crippen molar-refractivity contribution in [3.63, 3.8) is 0 Å². The number of aromatic nitrogens is 2. The van der Waals surface area contributed by atoms with Crippen LogP contribution in [0.3, 0.4) is 0 Å². The second-order valence-corrected chi connectivity index (χ2v) is 15.2. The molecule has 0 saturated carbocycles. The van der Waals surface area contributed by atoms with Crippen molar-refractivity contribution in [1.82, 2.24) is 9.13 Å². The number of nitrogens with zero attached hydrogens (tertiary/aromatic N) is 2. The predicted molar refractivity (Wildman–Crippen MR) is 233 cm³/mol. The van der Waals surface area contributed by atoms with Gasteiger partial charge in [0.2, 0.25) is 0 Å². The first-order valence-electron chi connectivity index (χ1n) is 18.8. The van der Waals surface area contributed by atoms with Gasteiger partial charge in [0.25, 0.3) is 0 Å². The normalized spacial score (nSPS) is 12.3. The second-order valence-electron chi connectivity index (χ2n) is 15.2. The van der Waals surface area contributed by atoms with Crippen LogP contribution in [0, 0.1) is 0 Å². The molecular formula is C52H34N2. The van der Waals surface area contributed by atoms with E-state index in [1.807, 2.05) is 0 Å². The Labute approximate surface area is 311 Å². The Morgan fingerprint density at radius 2 is 0.630 bits per heavy atom. The van der Waals surface area contributed by atoms with E-state index in [1.54, 1.807) is 0 Å². The van der Waals surface area contributed by atoms with Crippen LogP contribution in [0.25, 0.3) is 120 Å². The molecular weight excluding hydrogens is 653 g/mol. The molecule has 0 amide bonds. The molecule has 54 heavy (non-hydrogen) atoms. The summed E-state index contributed by atoms with van der Waals surface area (Å²) < 4.78 is 4.70. The largest absolute Gasteiger partial charge is 0.344 e. The summed E-state index contributed by atoms with van der Waals surface area (Å²) in [6, 6.07) is 63.7. The van der Waals surface area contributed by atoms with Crippen molar-refractivity contribution in [2.45, 2.75) is 0 Å². The minimum atomic E-state index is 1.23. The maximum Gasteiger partial charge on any atom is 0.0489 e. The minimum absolute atomic E-state index is 1.23. The molecule has 0 fully saturated rings. The van der Waals surface area contributed by atoms with Gasteiger partial charge in [-0.05, 0) is 159 Å². The SMILES string of the molecule is Cn1c(-c2ccc3cc4ccccc4cc3c2)cc2cc3c(ccc4c5cc6cc(-c7ccc8cc9ccccc9cc8c7)n(C)c6cc5ccc34)cc21. The van der Waals surface area contributed by atoms with Crippen LogP contribution in [0.5, 0.6) is 0 Å². The summed E-state index contributed by atoms with van der Waals surface area (Å²) in [5, 5.41) is 20.4. The molecule has 2 heterocycles. The second kappa shape index (κ2) is 10.8. The van der Waals surface area contributed by atoms with E-state index in [9.17, 15) is 0 Å². The van der Waals surface area contributed by atoms with E-state index in [1.165, 1.54) is 120 Å². The average molecular weight is 687 g/mol. The van der Waals surface area contributed by atoms with Crippen molar-refractivity contribution in [2.24, 2.45) is 14.1 Å². The van der Waals surface area contributed by atoms with Crippen molar-refractivity contribution in [2.75, 3.05) is 0 Å². The van der Waals surface area contributed by atoms with Crippen molar-refractivity contribution in [3.8, 4) is 22.5 Å². The highest BCUT2D eigenvalue weighted by Gasteiger charge is 2.15. The molecule has 12 aromatic rings. The summed E-state index contributed by atoms with van der Waals surface area (Å²) in [5.74, 6) is 0. The molecule has 2 nitrogen and oxygen atoms in total. The van der Waals surface area contributed by atoms with Gasteiger partial charge in [-0.15, -0.1) is 0 Å². The van der Waals surface area contributed by atoms with E-state index < -0.39 is 0 Å². The molecule has 0 spiro atoms. The van der Waals surface area contributed by atoms with Gasteiger partial charge in [0.05, 0.1) is 0 Å². The Morgan fingerprint density at radius 3 is 1.06 bits per heavy atom. The monoisotopic (exact) mass is 686 g/mol.